The number of likely N-dealkylation sites (tertiary alicyclic amines) is 1. The molecule has 0 bridgehead atoms. The van der Waals surface area contributed by atoms with Crippen molar-refractivity contribution >= 4 is 22.8 Å². The molecule has 146 valence electrons. The van der Waals surface area contributed by atoms with Crippen molar-refractivity contribution in [2.45, 2.75) is 45.7 Å². The minimum Gasteiger partial charge on any atom is -0.383 e. The molecule has 0 unspecified atom stereocenters. The number of nitrogens with zero attached hydrogens (tertiary/aromatic N) is 4. The van der Waals surface area contributed by atoms with Crippen LogP contribution in [0, 0.1) is 13.8 Å². The van der Waals surface area contributed by atoms with Gasteiger partial charge in [-0.2, -0.15) is 9.97 Å². The highest BCUT2D eigenvalue weighted by atomic mass is 15.2. The Hall–Kier alpha value is -2.73. The zero-order valence-electron chi connectivity index (χ0n) is 16.8. The van der Waals surface area contributed by atoms with Crippen LogP contribution in [0.1, 0.15) is 42.6 Å². The average Bonchev–Trinajstić information content (AvgIpc) is 2.68. The number of nitrogen functional groups attached to an aromatic ring is 1. The van der Waals surface area contributed by atoms with E-state index in [0.29, 0.717) is 29.5 Å². The lowest BCUT2D eigenvalue weighted by atomic mass is 10.0. The van der Waals surface area contributed by atoms with Gasteiger partial charge in [0, 0.05) is 30.9 Å². The van der Waals surface area contributed by atoms with E-state index in [2.05, 4.69) is 62.4 Å². The van der Waals surface area contributed by atoms with Crippen LogP contribution in [0.3, 0.4) is 0 Å². The van der Waals surface area contributed by atoms with E-state index >= 15 is 0 Å². The highest BCUT2D eigenvalue weighted by Gasteiger charge is 2.24. The van der Waals surface area contributed by atoms with Crippen molar-refractivity contribution < 1.29 is 0 Å². The van der Waals surface area contributed by atoms with Crippen molar-refractivity contribution in [3.05, 3.63) is 53.2 Å². The van der Waals surface area contributed by atoms with Gasteiger partial charge in [-0.3, -0.25) is 4.90 Å². The van der Waals surface area contributed by atoms with E-state index in [1.807, 2.05) is 19.9 Å². The van der Waals surface area contributed by atoms with Gasteiger partial charge in [-0.05, 0) is 50.8 Å². The second-order valence-corrected chi connectivity index (χ2v) is 7.75. The third-order valence-electron chi connectivity index (χ3n) is 5.71. The molecule has 4 rings (SSSR count). The first-order valence-electron chi connectivity index (χ1n) is 9.98. The molecule has 2 aromatic heterocycles. The Morgan fingerprint density at radius 2 is 1.79 bits per heavy atom. The Bertz CT molecular complexity index is 964. The second kappa shape index (κ2) is 7.72. The summed E-state index contributed by atoms with van der Waals surface area (Å²) in [6.45, 7) is 8.38. The zero-order chi connectivity index (χ0) is 19.7. The van der Waals surface area contributed by atoms with Gasteiger partial charge in [0.1, 0.15) is 5.82 Å². The number of nitrogens with one attached hydrogen (secondary N) is 1. The van der Waals surface area contributed by atoms with Gasteiger partial charge < -0.3 is 11.1 Å². The number of anilines is 2. The number of hydrogen-bond donors (Lipinski definition) is 2. The Morgan fingerprint density at radius 3 is 2.50 bits per heavy atom. The lowest BCUT2D eigenvalue weighted by Gasteiger charge is -2.36. The number of pyridine rings is 1. The maximum Gasteiger partial charge on any atom is 0.226 e. The SMILES string of the molecule is Cc1cc(C)c2c(N)nc(NC3CCN([C@@H](C)c4ccccc4)CC3)nc2n1. The van der Waals surface area contributed by atoms with Crippen LogP contribution < -0.4 is 11.1 Å². The first-order chi connectivity index (χ1) is 13.5. The minimum absolute atomic E-state index is 0.349. The predicted octanol–water partition coefficient (Wildman–Crippen LogP) is 3.86. The van der Waals surface area contributed by atoms with Crippen molar-refractivity contribution in [1.29, 1.82) is 0 Å². The molecule has 3 heterocycles. The minimum atomic E-state index is 0.349. The number of nitrogens with two attached hydrogens (primary N) is 1. The fraction of sp³-hybridized carbons (Fsp3) is 0.409. The summed E-state index contributed by atoms with van der Waals surface area (Å²) in [4.78, 5) is 16.2. The monoisotopic (exact) mass is 376 g/mol. The van der Waals surface area contributed by atoms with E-state index in [-0.39, 0.29) is 0 Å². The molecule has 1 aliphatic heterocycles. The van der Waals surface area contributed by atoms with Gasteiger partial charge >= 0.3 is 0 Å². The molecular formula is C22H28N6. The first kappa shape index (κ1) is 18.6. The normalized spacial score (nSPS) is 17.0. The number of rotatable bonds is 4. The summed E-state index contributed by atoms with van der Waals surface area (Å²) in [6, 6.07) is 13.5. The average molecular weight is 377 g/mol. The molecule has 1 fully saturated rings. The molecule has 1 atom stereocenters. The van der Waals surface area contributed by atoms with Crippen LogP contribution in [0.25, 0.3) is 11.0 Å². The quantitative estimate of drug-likeness (QED) is 0.720. The smallest absolute Gasteiger partial charge is 0.226 e. The van der Waals surface area contributed by atoms with Gasteiger partial charge in [0.2, 0.25) is 5.95 Å². The fourth-order valence-corrected chi connectivity index (χ4v) is 4.13. The van der Waals surface area contributed by atoms with Crippen molar-refractivity contribution in [3.8, 4) is 0 Å². The standard InChI is InChI=1S/C22H28N6/c1-14-13-15(2)24-21-19(14)20(23)26-22(27-21)25-18-9-11-28(12-10-18)16(3)17-7-5-4-6-8-17/h4-8,13,16,18H,9-12H2,1-3H3,(H3,23,24,25,26,27)/t16-/m0/s1. The number of piperidine rings is 1. The predicted molar refractivity (Wildman–Crippen MR) is 114 cm³/mol. The van der Waals surface area contributed by atoms with E-state index in [0.717, 1.165) is 42.6 Å². The van der Waals surface area contributed by atoms with Crippen molar-refractivity contribution in [2.75, 3.05) is 24.1 Å². The highest BCUT2D eigenvalue weighted by molar-refractivity contribution is 5.89. The van der Waals surface area contributed by atoms with Crippen LogP contribution >= 0.6 is 0 Å². The third-order valence-corrected chi connectivity index (χ3v) is 5.71. The molecule has 1 saturated heterocycles. The summed E-state index contributed by atoms with van der Waals surface area (Å²) in [6.07, 6.45) is 2.11. The van der Waals surface area contributed by atoms with E-state index in [9.17, 15) is 0 Å². The van der Waals surface area contributed by atoms with Crippen LogP contribution in [0.5, 0.6) is 0 Å². The van der Waals surface area contributed by atoms with Gasteiger partial charge in [0.05, 0.1) is 5.39 Å². The summed E-state index contributed by atoms with van der Waals surface area (Å²) >= 11 is 0. The number of benzene rings is 1. The summed E-state index contributed by atoms with van der Waals surface area (Å²) in [7, 11) is 0. The highest BCUT2D eigenvalue weighted by Crippen LogP contribution is 2.26. The number of aromatic nitrogens is 3. The molecule has 1 aliphatic rings. The molecular weight excluding hydrogens is 348 g/mol. The van der Waals surface area contributed by atoms with E-state index < -0.39 is 0 Å². The molecule has 0 saturated carbocycles. The van der Waals surface area contributed by atoms with E-state index in [1.165, 1.54) is 5.56 Å². The third kappa shape index (κ3) is 3.78. The summed E-state index contributed by atoms with van der Waals surface area (Å²) in [5.41, 5.74) is 10.2. The van der Waals surface area contributed by atoms with Crippen LogP contribution in [-0.2, 0) is 0 Å². The van der Waals surface area contributed by atoms with Gasteiger partial charge in [-0.1, -0.05) is 30.3 Å². The van der Waals surface area contributed by atoms with Gasteiger partial charge in [0.25, 0.3) is 0 Å². The van der Waals surface area contributed by atoms with Crippen molar-refractivity contribution in [3.63, 3.8) is 0 Å². The first-order valence-corrected chi connectivity index (χ1v) is 9.98. The Kier molecular flexibility index (Phi) is 5.13. The second-order valence-electron chi connectivity index (χ2n) is 7.75. The fourth-order valence-electron chi connectivity index (χ4n) is 4.13. The van der Waals surface area contributed by atoms with Crippen LogP contribution in [0.2, 0.25) is 0 Å². The molecule has 6 heteroatoms. The number of hydrogen-bond acceptors (Lipinski definition) is 6. The molecule has 0 spiro atoms. The molecule has 0 aliphatic carbocycles. The lowest BCUT2D eigenvalue weighted by molar-refractivity contribution is 0.167. The molecule has 6 nitrogen and oxygen atoms in total. The summed E-state index contributed by atoms with van der Waals surface area (Å²) in [5, 5.41) is 4.33. The maximum atomic E-state index is 6.20. The van der Waals surface area contributed by atoms with Crippen molar-refractivity contribution in [1.82, 2.24) is 19.9 Å². The molecule has 0 amide bonds. The van der Waals surface area contributed by atoms with Gasteiger partial charge in [-0.15, -0.1) is 0 Å². The molecule has 28 heavy (non-hydrogen) atoms. The number of aryl methyl sites for hydroxylation is 2. The lowest BCUT2D eigenvalue weighted by Crippen LogP contribution is -2.40. The van der Waals surface area contributed by atoms with Crippen LogP contribution in [-0.4, -0.2) is 39.0 Å². The topological polar surface area (TPSA) is 80.0 Å². The van der Waals surface area contributed by atoms with Crippen LogP contribution in [0.4, 0.5) is 11.8 Å². The largest absolute Gasteiger partial charge is 0.383 e. The maximum absolute atomic E-state index is 6.20. The molecule has 3 N–H and O–H groups in total. The van der Waals surface area contributed by atoms with Gasteiger partial charge in [0.15, 0.2) is 5.65 Å². The van der Waals surface area contributed by atoms with Crippen molar-refractivity contribution in [2.24, 2.45) is 0 Å². The molecule has 3 aromatic rings. The van der Waals surface area contributed by atoms with Crippen LogP contribution in [0.15, 0.2) is 36.4 Å². The Labute approximate surface area is 166 Å². The summed E-state index contributed by atoms with van der Waals surface area (Å²) < 4.78 is 0. The van der Waals surface area contributed by atoms with E-state index in [4.69, 9.17) is 5.73 Å². The molecule has 0 radical (unpaired) electrons. The number of fused-ring (bicyclic) bond motifs is 1. The van der Waals surface area contributed by atoms with Gasteiger partial charge in [-0.25, -0.2) is 4.98 Å². The molecule has 1 aromatic carbocycles. The Morgan fingerprint density at radius 1 is 1.07 bits per heavy atom. The zero-order valence-corrected chi connectivity index (χ0v) is 16.8. The summed E-state index contributed by atoms with van der Waals surface area (Å²) in [5.74, 6) is 1.07. The van der Waals surface area contributed by atoms with E-state index in [1.54, 1.807) is 0 Å². The Balaban J connectivity index is 1.44.